The lowest BCUT2D eigenvalue weighted by molar-refractivity contribution is -0.120. The van der Waals surface area contributed by atoms with E-state index in [4.69, 9.17) is 0 Å². The molecule has 0 saturated carbocycles. The maximum absolute atomic E-state index is 12.5. The molecule has 0 aliphatic carbocycles. The summed E-state index contributed by atoms with van der Waals surface area (Å²) in [5, 5.41) is 3.49. The zero-order chi connectivity index (χ0) is 14.5. The molecule has 21 heavy (non-hydrogen) atoms. The maximum atomic E-state index is 12.5. The zero-order valence-corrected chi connectivity index (χ0v) is 13.9. The molecule has 0 radical (unpaired) electrons. The van der Waals surface area contributed by atoms with Crippen LogP contribution < -0.4 is 10.2 Å². The van der Waals surface area contributed by atoms with E-state index < -0.39 is 0 Å². The third kappa shape index (κ3) is 4.99. The number of para-hydroxylation sites is 1. The van der Waals surface area contributed by atoms with Crippen LogP contribution in [0, 0.1) is 0 Å². The number of likely N-dealkylation sites (N-methyl/N-ethyl adjacent to an activating group) is 1. The second kappa shape index (κ2) is 8.37. The van der Waals surface area contributed by atoms with Gasteiger partial charge in [0.1, 0.15) is 0 Å². The van der Waals surface area contributed by atoms with Crippen LogP contribution in [0.1, 0.15) is 20.8 Å². The van der Waals surface area contributed by atoms with Crippen LogP contribution in [0.4, 0.5) is 5.69 Å². The molecule has 1 N–H and O–H groups in total. The summed E-state index contributed by atoms with van der Waals surface area (Å²) in [7, 11) is 0. The van der Waals surface area contributed by atoms with Crippen LogP contribution in [0.3, 0.4) is 0 Å². The number of nitrogens with zero attached hydrogens (tertiary/aromatic N) is 2. The second-order valence-corrected chi connectivity index (χ2v) is 5.64. The van der Waals surface area contributed by atoms with Crippen molar-refractivity contribution in [3.63, 3.8) is 0 Å². The average molecular weight is 312 g/mol. The first-order chi connectivity index (χ1) is 9.60. The minimum atomic E-state index is 0. The van der Waals surface area contributed by atoms with E-state index >= 15 is 0 Å². The smallest absolute Gasteiger partial charge is 0.241 e. The van der Waals surface area contributed by atoms with Gasteiger partial charge in [-0.1, -0.05) is 18.2 Å². The van der Waals surface area contributed by atoms with Gasteiger partial charge in [-0.3, -0.25) is 9.69 Å². The molecule has 2 unspecified atom stereocenters. The highest BCUT2D eigenvalue weighted by molar-refractivity contribution is 5.94. The lowest BCUT2D eigenvalue weighted by Crippen LogP contribution is -2.56. The molecule has 1 aromatic rings. The van der Waals surface area contributed by atoms with Crippen molar-refractivity contribution in [2.45, 2.75) is 32.9 Å². The van der Waals surface area contributed by atoms with Crippen molar-refractivity contribution in [3.05, 3.63) is 30.3 Å². The third-order valence-electron chi connectivity index (χ3n) is 3.68. The van der Waals surface area contributed by atoms with Crippen LogP contribution in [-0.4, -0.2) is 49.1 Å². The van der Waals surface area contributed by atoms with Crippen molar-refractivity contribution in [2.75, 3.05) is 31.1 Å². The van der Waals surface area contributed by atoms with Gasteiger partial charge >= 0.3 is 0 Å². The summed E-state index contributed by atoms with van der Waals surface area (Å²) in [6.45, 7) is 9.43. The monoisotopic (exact) mass is 311 g/mol. The molecular weight excluding hydrogens is 286 g/mol. The number of piperazine rings is 1. The Morgan fingerprint density at radius 3 is 2.33 bits per heavy atom. The molecule has 1 heterocycles. The first-order valence-corrected chi connectivity index (χ1v) is 7.44. The Kier molecular flexibility index (Phi) is 7.15. The molecule has 2 rings (SSSR count). The Morgan fingerprint density at radius 2 is 1.81 bits per heavy atom. The molecule has 0 bridgehead atoms. The predicted molar refractivity (Wildman–Crippen MR) is 90.2 cm³/mol. The maximum Gasteiger partial charge on any atom is 0.241 e. The van der Waals surface area contributed by atoms with Crippen molar-refractivity contribution in [1.29, 1.82) is 0 Å². The number of amides is 1. The molecule has 1 aliphatic rings. The number of carbonyl (C=O) groups is 1. The summed E-state index contributed by atoms with van der Waals surface area (Å²) in [5.41, 5.74) is 0.983. The van der Waals surface area contributed by atoms with Crippen LogP contribution in [0.5, 0.6) is 0 Å². The van der Waals surface area contributed by atoms with E-state index in [0.717, 1.165) is 18.8 Å². The van der Waals surface area contributed by atoms with Crippen molar-refractivity contribution in [2.24, 2.45) is 0 Å². The fraction of sp³-hybridized carbons (Fsp3) is 0.562. The van der Waals surface area contributed by atoms with Crippen LogP contribution in [0.15, 0.2) is 30.3 Å². The largest absolute Gasteiger partial charge is 0.312 e. The van der Waals surface area contributed by atoms with E-state index in [0.29, 0.717) is 25.2 Å². The van der Waals surface area contributed by atoms with Crippen molar-refractivity contribution >= 4 is 24.0 Å². The Morgan fingerprint density at radius 1 is 1.24 bits per heavy atom. The Labute approximate surface area is 133 Å². The quantitative estimate of drug-likeness (QED) is 0.925. The summed E-state index contributed by atoms with van der Waals surface area (Å²) < 4.78 is 0. The number of halogens is 1. The summed E-state index contributed by atoms with van der Waals surface area (Å²) in [4.78, 5) is 16.6. The fourth-order valence-corrected chi connectivity index (χ4v) is 2.96. The first kappa shape index (κ1) is 18.0. The molecule has 1 fully saturated rings. The average Bonchev–Trinajstić information content (AvgIpc) is 2.39. The number of hydrogen-bond donors (Lipinski definition) is 1. The highest BCUT2D eigenvalue weighted by Gasteiger charge is 2.24. The number of hydrogen-bond acceptors (Lipinski definition) is 3. The number of rotatable bonds is 4. The van der Waals surface area contributed by atoms with Gasteiger partial charge in [0.25, 0.3) is 0 Å². The highest BCUT2D eigenvalue weighted by atomic mass is 35.5. The summed E-state index contributed by atoms with van der Waals surface area (Å²) in [6.07, 6.45) is 0. The van der Waals surface area contributed by atoms with Gasteiger partial charge in [-0.15, -0.1) is 12.4 Å². The minimum Gasteiger partial charge on any atom is -0.312 e. The van der Waals surface area contributed by atoms with Gasteiger partial charge in [0.05, 0.1) is 6.54 Å². The van der Waals surface area contributed by atoms with E-state index in [2.05, 4.69) is 24.1 Å². The molecule has 4 nitrogen and oxygen atoms in total. The lowest BCUT2D eigenvalue weighted by atomic mass is 10.1. The van der Waals surface area contributed by atoms with Crippen LogP contribution in [0.2, 0.25) is 0 Å². The van der Waals surface area contributed by atoms with Gasteiger partial charge in [0.15, 0.2) is 0 Å². The Balaban J connectivity index is 0.00000220. The van der Waals surface area contributed by atoms with Crippen LogP contribution >= 0.6 is 12.4 Å². The second-order valence-electron chi connectivity index (χ2n) is 5.64. The molecule has 5 heteroatoms. The van der Waals surface area contributed by atoms with Gasteiger partial charge in [0.2, 0.25) is 5.91 Å². The first-order valence-electron chi connectivity index (χ1n) is 7.44. The molecule has 0 aromatic heterocycles. The van der Waals surface area contributed by atoms with Crippen molar-refractivity contribution in [3.8, 4) is 0 Å². The molecule has 1 aromatic carbocycles. The fourth-order valence-electron chi connectivity index (χ4n) is 2.96. The number of anilines is 1. The van der Waals surface area contributed by atoms with Crippen molar-refractivity contribution < 1.29 is 4.79 Å². The predicted octanol–water partition coefficient (Wildman–Crippen LogP) is 2.14. The molecule has 118 valence electrons. The third-order valence-corrected chi connectivity index (χ3v) is 3.68. The normalized spacial score (nSPS) is 22.4. The zero-order valence-electron chi connectivity index (χ0n) is 13.1. The minimum absolute atomic E-state index is 0. The molecule has 0 spiro atoms. The van der Waals surface area contributed by atoms with Crippen LogP contribution in [-0.2, 0) is 4.79 Å². The molecule has 1 amide bonds. The summed E-state index contributed by atoms with van der Waals surface area (Å²) in [5.74, 6) is 0.181. The van der Waals surface area contributed by atoms with E-state index in [1.54, 1.807) is 0 Å². The van der Waals surface area contributed by atoms with Gasteiger partial charge in [-0.25, -0.2) is 0 Å². The standard InChI is InChI=1S/C16H25N3O.ClH/c1-4-19(15-8-6-5-7-9-15)16(20)12-18-10-13(2)17-14(3)11-18;/h5-9,13-14,17H,4,10-12H2,1-3H3;1H. The van der Waals surface area contributed by atoms with E-state index in [-0.39, 0.29) is 18.3 Å². The van der Waals surface area contributed by atoms with Crippen molar-refractivity contribution in [1.82, 2.24) is 10.2 Å². The van der Waals surface area contributed by atoms with E-state index in [1.165, 1.54) is 0 Å². The highest BCUT2D eigenvalue weighted by Crippen LogP contribution is 2.14. The molecule has 2 atom stereocenters. The summed E-state index contributed by atoms with van der Waals surface area (Å²) in [6, 6.07) is 10.8. The molecule has 1 aliphatic heterocycles. The van der Waals surface area contributed by atoms with E-state index in [1.807, 2.05) is 42.2 Å². The van der Waals surface area contributed by atoms with Gasteiger partial charge in [-0.2, -0.15) is 0 Å². The topological polar surface area (TPSA) is 35.6 Å². The van der Waals surface area contributed by atoms with E-state index in [9.17, 15) is 4.79 Å². The number of carbonyl (C=O) groups excluding carboxylic acids is 1. The van der Waals surface area contributed by atoms with Gasteiger partial charge < -0.3 is 10.2 Å². The van der Waals surface area contributed by atoms with Gasteiger partial charge in [0, 0.05) is 37.4 Å². The number of benzene rings is 1. The number of nitrogens with one attached hydrogen (secondary N) is 1. The lowest BCUT2D eigenvalue weighted by Gasteiger charge is -2.36. The Hall–Kier alpha value is -1.10. The summed E-state index contributed by atoms with van der Waals surface area (Å²) >= 11 is 0. The van der Waals surface area contributed by atoms with Crippen LogP contribution in [0.25, 0.3) is 0 Å². The Bertz CT molecular complexity index is 430. The molecule has 1 saturated heterocycles. The van der Waals surface area contributed by atoms with Gasteiger partial charge in [-0.05, 0) is 32.9 Å². The molecular formula is C16H26ClN3O. The SMILES string of the molecule is CCN(C(=O)CN1CC(C)NC(C)C1)c1ccccc1.Cl.